The molecular formula is C15H11FN4S. The summed E-state index contributed by atoms with van der Waals surface area (Å²) in [6.45, 7) is 1.77. The first-order chi connectivity index (χ1) is 10.2. The van der Waals surface area contributed by atoms with Crippen LogP contribution in [0.1, 0.15) is 18.5 Å². The average molecular weight is 298 g/mol. The summed E-state index contributed by atoms with van der Waals surface area (Å²) in [5.41, 5.74) is 11.0. The maximum atomic E-state index is 13.6. The molecule has 0 saturated heterocycles. The average Bonchev–Trinajstić information content (AvgIpc) is 2.95. The quantitative estimate of drug-likeness (QED) is 0.273. The van der Waals surface area contributed by atoms with Crippen LogP contribution in [0.15, 0.2) is 47.0 Å². The Labute approximate surface area is 124 Å². The summed E-state index contributed by atoms with van der Waals surface area (Å²) in [6.07, 6.45) is 1.44. The summed E-state index contributed by atoms with van der Waals surface area (Å²) in [5, 5.41) is 6.81. The molecule has 1 unspecified atom stereocenters. The van der Waals surface area contributed by atoms with E-state index < -0.39 is 12.0 Å². The molecule has 0 amide bonds. The molecule has 21 heavy (non-hydrogen) atoms. The molecule has 0 spiro atoms. The highest BCUT2D eigenvalue weighted by atomic mass is 32.1. The van der Waals surface area contributed by atoms with Crippen molar-refractivity contribution in [2.24, 2.45) is 5.11 Å². The van der Waals surface area contributed by atoms with Gasteiger partial charge in [-0.25, -0.2) is 4.98 Å². The molecule has 104 valence electrons. The fraction of sp³-hybridized carbons (Fsp3) is 0.133. The van der Waals surface area contributed by atoms with E-state index in [0.717, 1.165) is 26.8 Å². The Morgan fingerprint density at radius 1 is 1.33 bits per heavy atom. The lowest BCUT2D eigenvalue weighted by molar-refractivity contribution is 0.581. The van der Waals surface area contributed by atoms with Gasteiger partial charge in [0.05, 0.1) is 6.04 Å². The van der Waals surface area contributed by atoms with Gasteiger partial charge in [0.1, 0.15) is 0 Å². The molecule has 0 N–H and O–H groups in total. The van der Waals surface area contributed by atoms with Crippen LogP contribution in [0.4, 0.5) is 4.39 Å². The van der Waals surface area contributed by atoms with Crippen molar-refractivity contribution in [2.75, 3.05) is 0 Å². The number of rotatable bonds is 3. The zero-order valence-electron chi connectivity index (χ0n) is 11.2. The molecule has 0 fully saturated rings. The lowest BCUT2D eigenvalue weighted by Crippen LogP contribution is -1.97. The number of fused-ring (bicyclic) bond motifs is 1. The molecule has 1 aromatic carbocycles. The Morgan fingerprint density at radius 3 is 3.00 bits per heavy atom. The van der Waals surface area contributed by atoms with Crippen molar-refractivity contribution in [2.45, 2.75) is 13.0 Å². The SMILES string of the molecule is CC(N=[N+]=[N-])c1cnc(F)cc1-c1cccc2ccsc12. The van der Waals surface area contributed by atoms with Crippen molar-refractivity contribution in [3.05, 3.63) is 63.9 Å². The van der Waals surface area contributed by atoms with Gasteiger partial charge in [0.25, 0.3) is 0 Å². The monoisotopic (exact) mass is 298 g/mol. The standard InChI is InChI=1S/C15H11FN4S/c1-9(19-20-17)13-8-18-14(16)7-12(13)11-4-2-3-10-5-6-21-15(10)11/h2-9H,1H3. The Bertz CT molecular complexity index is 852. The number of halogens is 1. The molecule has 0 radical (unpaired) electrons. The van der Waals surface area contributed by atoms with Gasteiger partial charge >= 0.3 is 0 Å². The van der Waals surface area contributed by atoms with Crippen molar-refractivity contribution in [3.63, 3.8) is 0 Å². The Hall–Kier alpha value is -2.43. The molecule has 1 atom stereocenters. The number of hydrogen-bond acceptors (Lipinski definition) is 3. The second kappa shape index (κ2) is 5.52. The summed E-state index contributed by atoms with van der Waals surface area (Å²) < 4.78 is 14.7. The minimum absolute atomic E-state index is 0.409. The molecule has 0 aliphatic rings. The maximum absolute atomic E-state index is 13.6. The molecule has 3 rings (SSSR count). The van der Waals surface area contributed by atoms with Gasteiger partial charge in [-0.3, -0.25) is 0 Å². The molecule has 4 nitrogen and oxygen atoms in total. The summed E-state index contributed by atoms with van der Waals surface area (Å²) in [6, 6.07) is 8.91. The van der Waals surface area contributed by atoms with Crippen LogP contribution in [0, 0.1) is 5.95 Å². The summed E-state index contributed by atoms with van der Waals surface area (Å²) in [7, 11) is 0. The molecule has 2 heterocycles. The van der Waals surface area contributed by atoms with Crippen LogP contribution < -0.4 is 0 Å². The smallest absolute Gasteiger partial charge is 0.213 e. The van der Waals surface area contributed by atoms with Gasteiger partial charge in [0, 0.05) is 21.9 Å². The summed E-state index contributed by atoms with van der Waals surface area (Å²) in [4.78, 5) is 6.52. The molecule has 0 saturated carbocycles. The first kappa shape index (κ1) is 13.5. The lowest BCUT2D eigenvalue weighted by atomic mass is 9.97. The van der Waals surface area contributed by atoms with Crippen LogP contribution in [0.2, 0.25) is 0 Å². The third-order valence-corrected chi connectivity index (χ3v) is 4.31. The van der Waals surface area contributed by atoms with E-state index in [4.69, 9.17) is 5.53 Å². The van der Waals surface area contributed by atoms with Crippen molar-refractivity contribution in [3.8, 4) is 11.1 Å². The van der Waals surface area contributed by atoms with Crippen LogP contribution in [0.5, 0.6) is 0 Å². The van der Waals surface area contributed by atoms with Crippen LogP contribution >= 0.6 is 11.3 Å². The first-order valence-corrected chi connectivity index (χ1v) is 7.25. The van der Waals surface area contributed by atoms with E-state index in [-0.39, 0.29) is 0 Å². The zero-order valence-corrected chi connectivity index (χ0v) is 12.0. The summed E-state index contributed by atoms with van der Waals surface area (Å²) in [5.74, 6) is -0.546. The highest BCUT2D eigenvalue weighted by Crippen LogP contribution is 2.36. The van der Waals surface area contributed by atoms with Gasteiger partial charge in [-0.2, -0.15) is 4.39 Å². The second-order valence-corrected chi connectivity index (χ2v) is 5.54. The third-order valence-electron chi connectivity index (χ3n) is 3.35. The van der Waals surface area contributed by atoms with Crippen LogP contribution in [-0.2, 0) is 0 Å². The lowest BCUT2D eigenvalue weighted by Gasteiger charge is -2.13. The third kappa shape index (κ3) is 2.46. The fourth-order valence-electron chi connectivity index (χ4n) is 2.35. The van der Waals surface area contributed by atoms with E-state index in [1.165, 1.54) is 12.3 Å². The number of nitrogens with zero attached hydrogens (tertiary/aromatic N) is 4. The predicted molar refractivity (Wildman–Crippen MR) is 82.6 cm³/mol. The van der Waals surface area contributed by atoms with Gasteiger partial charge in [-0.1, -0.05) is 30.2 Å². The van der Waals surface area contributed by atoms with Gasteiger partial charge in [0.2, 0.25) is 5.95 Å². The molecule has 0 aliphatic heterocycles. The summed E-state index contributed by atoms with van der Waals surface area (Å²) >= 11 is 1.60. The Kier molecular flexibility index (Phi) is 3.56. The minimum atomic E-state index is -0.546. The number of benzene rings is 1. The number of hydrogen-bond donors (Lipinski definition) is 0. The predicted octanol–water partition coefficient (Wildman–Crippen LogP) is 5.47. The number of thiophene rings is 1. The van der Waals surface area contributed by atoms with Crippen molar-refractivity contribution in [1.82, 2.24) is 4.98 Å². The molecule has 0 bridgehead atoms. The Morgan fingerprint density at radius 2 is 2.19 bits per heavy atom. The minimum Gasteiger partial charge on any atom is -0.228 e. The highest BCUT2D eigenvalue weighted by Gasteiger charge is 2.15. The number of aromatic nitrogens is 1. The molecule has 3 aromatic rings. The van der Waals surface area contributed by atoms with Crippen LogP contribution in [-0.4, -0.2) is 4.98 Å². The van der Waals surface area contributed by atoms with E-state index in [9.17, 15) is 4.39 Å². The first-order valence-electron chi connectivity index (χ1n) is 6.37. The topological polar surface area (TPSA) is 61.7 Å². The van der Waals surface area contributed by atoms with Crippen LogP contribution in [0.25, 0.3) is 31.7 Å². The molecule has 0 aliphatic carbocycles. The van der Waals surface area contributed by atoms with Crippen molar-refractivity contribution >= 4 is 21.4 Å². The maximum Gasteiger partial charge on any atom is 0.213 e. The van der Waals surface area contributed by atoms with E-state index in [1.54, 1.807) is 18.3 Å². The van der Waals surface area contributed by atoms with E-state index in [0.29, 0.717) is 0 Å². The highest BCUT2D eigenvalue weighted by molar-refractivity contribution is 7.17. The second-order valence-electron chi connectivity index (χ2n) is 4.62. The van der Waals surface area contributed by atoms with Gasteiger partial charge < -0.3 is 0 Å². The van der Waals surface area contributed by atoms with E-state index in [2.05, 4.69) is 15.0 Å². The zero-order chi connectivity index (χ0) is 14.8. The molecule has 6 heteroatoms. The van der Waals surface area contributed by atoms with Crippen molar-refractivity contribution < 1.29 is 4.39 Å². The Balaban J connectivity index is 2.28. The number of azide groups is 1. The van der Waals surface area contributed by atoms with Crippen molar-refractivity contribution in [1.29, 1.82) is 0 Å². The molecular weight excluding hydrogens is 287 g/mol. The van der Waals surface area contributed by atoms with E-state index in [1.807, 2.05) is 29.6 Å². The van der Waals surface area contributed by atoms with Gasteiger partial charge in [0.15, 0.2) is 0 Å². The molecule has 2 aromatic heterocycles. The van der Waals surface area contributed by atoms with Crippen LogP contribution in [0.3, 0.4) is 0 Å². The van der Waals surface area contributed by atoms with E-state index >= 15 is 0 Å². The largest absolute Gasteiger partial charge is 0.228 e. The number of pyridine rings is 1. The van der Waals surface area contributed by atoms with Gasteiger partial charge in [-0.05, 0) is 39.1 Å². The normalized spacial score (nSPS) is 12.1. The fourth-order valence-corrected chi connectivity index (χ4v) is 3.28. The van der Waals surface area contributed by atoms with Gasteiger partial charge in [-0.15, -0.1) is 11.3 Å².